The molecule has 2 rings (SSSR count). The monoisotopic (exact) mass is 308 g/mol. The molecule has 0 amide bonds. The van der Waals surface area contributed by atoms with Crippen LogP contribution in [0, 0.1) is 0 Å². The predicted molar refractivity (Wildman–Crippen MR) is 89.6 cm³/mol. The quantitative estimate of drug-likeness (QED) is 0.802. The van der Waals surface area contributed by atoms with Gasteiger partial charge in [0.05, 0.1) is 16.8 Å². The summed E-state index contributed by atoms with van der Waals surface area (Å²) in [5, 5.41) is 4.87. The largest absolute Gasteiger partial charge is 0.255 e. The third-order valence-electron chi connectivity index (χ3n) is 4.34. The summed E-state index contributed by atoms with van der Waals surface area (Å²) < 4.78 is 12.0. The van der Waals surface area contributed by atoms with Crippen molar-refractivity contribution in [3.8, 4) is 0 Å². The highest BCUT2D eigenvalue weighted by atomic mass is 32.2. The second-order valence-electron chi connectivity index (χ2n) is 5.90. The van der Waals surface area contributed by atoms with Gasteiger partial charge in [-0.15, -0.1) is 0 Å². The van der Waals surface area contributed by atoms with Gasteiger partial charge in [-0.2, -0.15) is 0 Å². The molecule has 2 unspecified atom stereocenters. The Morgan fingerprint density at radius 1 is 1.33 bits per heavy atom. The van der Waals surface area contributed by atoms with Crippen LogP contribution in [0.25, 0.3) is 0 Å². The molecule has 0 aromatic heterocycles. The first kappa shape index (κ1) is 16.7. The molecule has 1 aliphatic heterocycles. The summed E-state index contributed by atoms with van der Waals surface area (Å²) in [4.78, 5) is 0.998. The molecule has 118 valence electrons. The Labute approximate surface area is 131 Å². The van der Waals surface area contributed by atoms with Gasteiger partial charge in [0.1, 0.15) is 0 Å². The van der Waals surface area contributed by atoms with E-state index in [4.69, 9.17) is 0 Å². The van der Waals surface area contributed by atoms with Gasteiger partial charge in [0.25, 0.3) is 0 Å². The van der Waals surface area contributed by atoms with Gasteiger partial charge in [0, 0.05) is 31.3 Å². The molecule has 0 aliphatic carbocycles. The first-order chi connectivity index (χ1) is 10.1. The lowest BCUT2D eigenvalue weighted by Gasteiger charge is -2.42. The molecule has 0 spiro atoms. The van der Waals surface area contributed by atoms with Crippen LogP contribution in [0.5, 0.6) is 0 Å². The van der Waals surface area contributed by atoms with E-state index in [-0.39, 0.29) is 0 Å². The number of hydrogen-bond acceptors (Lipinski definition) is 3. The zero-order valence-corrected chi connectivity index (χ0v) is 14.4. The number of hydrazine groups is 1. The Morgan fingerprint density at radius 2 is 2.10 bits per heavy atom. The van der Waals surface area contributed by atoms with Crippen LogP contribution in [-0.2, 0) is 10.8 Å². The first-order valence-corrected chi connectivity index (χ1v) is 9.61. The van der Waals surface area contributed by atoms with Crippen molar-refractivity contribution >= 4 is 10.8 Å². The van der Waals surface area contributed by atoms with Gasteiger partial charge in [-0.25, -0.2) is 10.0 Å². The summed E-state index contributed by atoms with van der Waals surface area (Å²) in [5.74, 6) is 0. The normalized spacial score (nSPS) is 21.6. The smallest absolute Gasteiger partial charge is 0.0507 e. The second kappa shape index (κ2) is 8.06. The van der Waals surface area contributed by atoms with Crippen LogP contribution in [0.15, 0.2) is 29.2 Å². The highest BCUT2D eigenvalue weighted by molar-refractivity contribution is 7.84. The summed E-state index contributed by atoms with van der Waals surface area (Å²) in [6.07, 6.45) is 7.90. The number of rotatable bonds is 6. The lowest BCUT2D eigenvalue weighted by Crippen LogP contribution is -2.45. The molecule has 4 heteroatoms. The van der Waals surface area contributed by atoms with E-state index in [0.717, 1.165) is 24.4 Å². The molecule has 1 aromatic rings. The summed E-state index contributed by atoms with van der Waals surface area (Å²) in [7, 11) is 1.27. The van der Waals surface area contributed by atoms with Crippen LogP contribution < -0.4 is 0 Å². The average Bonchev–Trinajstić information content (AvgIpc) is 2.52. The minimum absolute atomic E-state index is 0.376. The molecule has 1 heterocycles. The van der Waals surface area contributed by atoms with Crippen molar-refractivity contribution in [3.05, 3.63) is 29.8 Å². The van der Waals surface area contributed by atoms with E-state index in [1.807, 2.05) is 12.1 Å². The molecule has 0 bridgehead atoms. The fraction of sp³-hybridized carbons (Fsp3) is 0.647. The van der Waals surface area contributed by atoms with Gasteiger partial charge in [0.2, 0.25) is 0 Å². The molecular weight excluding hydrogens is 280 g/mol. The van der Waals surface area contributed by atoms with Gasteiger partial charge >= 0.3 is 0 Å². The Kier molecular flexibility index (Phi) is 6.40. The van der Waals surface area contributed by atoms with Crippen molar-refractivity contribution in [3.63, 3.8) is 0 Å². The van der Waals surface area contributed by atoms with E-state index in [1.54, 1.807) is 6.26 Å². The van der Waals surface area contributed by atoms with Crippen LogP contribution >= 0.6 is 0 Å². The third kappa shape index (κ3) is 4.15. The molecule has 0 saturated carbocycles. The van der Waals surface area contributed by atoms with E-state index in [1.165, 1.54) is 31.2 Å². The summed E-state index contributed by atoms with van der Waals surface area (Å²) >= 11 is 0. The van der Waals surface area contributed by atoms with Crippen LogP contribution in [-0.4, -0.2) is 40.6 Å². The van der Waals surface area contributed by atoms with Crippen LogP contribution in [0.3, 0.4) is 0 Å². The molecule has 21 heavy (non-hydrogen) atoms. The highest BCUT2D eigenvalue weighted by Gasteiger charge is 2.28. The van der Waals surface area contributed by atoms with Crippen molar-refractivity contribution < 1.29 is 4.21 Å². The van der Waals surface area contributed by atoms with Gasteiger partial charge in [-0.1, -0.05) is 38.0 Å². The highest BCUT2D eigenvalue weighted by Crippen LogP contribution is 2.34. The molecule has 2 atom stereocenters. The van der Waals surface area contributed by atoms with E-state index in [9.17, 15) is 4.21 Å². The van der Waals surface area contributed by atoms with Gasteiger partial charge in [-0.05, 0) is 30.9 Å². The molecule has 3 nitrogen and oxygen atoms in total. The Bertz CT molecular complexity index is 478. The minimum Gasteiger partial charge on any atom is -0.255 e. The number of unbranched alkanes of at least 4 members (excludes halogenated alkanes) is 1. The summed E-state index contributed by atoms with van der Waals surface area (Å²) in [6, 6.07) is 8.62. The first-order valence-electron chi connectivity index (χ1n) is 8.05. The molecule has 1 aromatic carbocycles. The maximum absolute atomic E-state index is 12.0. The topological polar surface area (TPSA) is 23.6 Å². The summed E-state index contributed by atoms with van der Waals surface area (Å²) in [6.45, 7) is 4.44. The fourth-order valence-electron chi connectivity index (χ4n) is 3.17. The summed E-state index contributed by atoms with van der Waals surface area (Å²) in [5.41, 5.74) is 1.25. The second-order valence-corrected chi connectivity index (χ2v) is 7.25. The number of hydrogen-bond donors (Lipinski definition) is 0. The van der Waals surface area contributed by atoms with E-state index < -0.39 is 10.8 Å². The van der Waals surface area contributed by atoms with Crippen LogP contribution in [0.2, 0.25) is 0 Å². The maximum atomic E-state index is 12.0. The lowest BCUT2D eigenvalue weighted by atomic mass is 9.96. The third-order valence-corrected chi connectivity index (χ3v) is 5.33. The van der Waals surface area contributed by atoms with Gasteiger partial charge < -0.3 is 0 Å². The molecule has 1 saturated heterocycles. The van der Waals surface area contributed by atoms with Crippen LogP contribution in [0.4, 0.5) is 0 Å². The SMILES string of the molecule is CCCCN(C)N1CCCCC1c1ccccc1S(C)=O. The molecule has 0 N–H and O–H groups in total. The van der Waals surface area contributed by atoms with Gasteiger partial charge in [0.15, 0.2) is 0 Å². The zero-order valence-electron chi connectivity index (χ0n) is 13.5. The van der Waals surface area contributed by atoms with Crippen molar-refractivity contribution in [1.29, 1.82) is 0 Å². The fourth-order valence-corrected chi connectivity index (χ4v) is 3.98. The molecule has 1 fully saturated rings. The Hall–Kier alpha value is -0.710. The van der Waals surface area contributed by atoms with Gasteiger partial charge in [-0.3, -0.25) is 4.21 Å². The van der Waals surface area contributed by atoms with Crippen molar-refractivity contribution in [1.82, 2.24) is 10.0 Å². The molecule has 1 aliphatic rings. The molecular formula is C17H28N2OS. The minimum atomic E-state index is -0.921. The van der Waals surface area contributed by atoms with E-state index in [2.05, 4.69) is 36.1 Å². The van der Waals surface area contributed by atoms with Crippen molar-refractivity contribution in [2.45, 2.75) is 50.0 Å². The number of benzene rings is 1. The maximum Gasteiger partial charge on any atom is 0.0507 e. The number of piperidine rings is 1. The lowest BCUT2D eigenvalue weighted by molar-refractivity contribution is -0.0621. The molecule has 0 radical (unpaired) electrons. The standard InChI is InChI=1S/C17H28N2OS/c1-4-5-13-18(2)19-14-9-8-11-16(19)15-10-6-7-12-17(15)21(3)20/h6-7,10,12,16H,4-5,8-9,11,13-14H2,1-3H3. The Balaban J connectivity index is 2.24. The predicted octanol–water partition coefficient (Wildman–Crippen LogP) is 3.60. The van der Waals surface area contributed by atoms with Crippen LogP contribution in [0.1, 0.15) is 50.6 Å². The van der Waals surface area contributed by atoms with E-state index in [0.29, 0.717) is 6.04 Å². The average molecular weight is 308 g/mol. The zero-order chi connectivity index (χ0) is 15.2. The van der Waals surface area contributed by atoms with E-state index >= 15 is 0 Å². The number of nitrogens with zero attached hydrogens (tertiary/aromatic N) is 2. The van der Waals surface area contributed by atoms with Crippen molar-refractivity contribution in [2.75, 3.05) is 26.4 Å². The Morgan fingerprint density at radius 3 is 2.81 bits per heavy atom. The van der Waals surface area contributed by atoms with Crippen molar-refractivity contribution in [2.24, 2.45) is 0 Å².